The van der Waals surface area contributed by atoms with Crippen molar-refractivity contribution in [3.8, 4) is 0 Å². The van der Waals surface area contributed by atoms with E-state index < -0.39 is 0 Å². The third-order valence-corrected chi connectivity index (χ3v) is 2.97. The van der Waals surface area contributed by atoms with Gasteiger partial charge in [0.1, 0.15) is 0 Å². The largest absolute Gasteiger partial charge is 0.390 e. The highest BCUT2D eigenvalue weighted by molar-refractivity contribution is 4.99. The van der Waals surface area contributed by atoms with Crippen molar-refractivity contribution in [3.63, 3.8) is 0 Å². The standard InChI is InChI=1S/C9H16O2/c1-5(2)9-6-3-8(6)11-4-7(9)10/h5-10H,3-4H2,1-2H3/t6?,7-,8+,9-/m1/s1. The molecule has 2 fully saturated rings. The van der Waals surface area contributed by atoms with Crippen LogP contribution in [0.5, 0.6) is 0 Å². The van der Waals surface area contributed by atoms with Crippen LogP contribution in [-0.2, 0) is 4.74 Å². The molecule has 0 aromatic carbocycles. The molecule has 0 spiro atoms. The molecule has 2 rings (SSSR count). The van der Waals surface area contributed by atoms with Crippen molar-refractivity contribution in [2.45, 2.75) is 32.5 Å². The Morgan fingerprint density at radius 2 is 2.18 bits per heavy atom. The number of fused-ring (bicyclic) bond motifs is 1. The van der Waals surface area contributed by atoms with Crippen molar-refractivity contribution in [2.75, 3.05) is 6.61 Å². The fourth-order valence-electron chi connectivity index (χ4n) is 2.34. The van der Waals surface area contributed by atoms with Gasteiger partial charge in [0.05, 0.1) is 18.8 Å². The summed E-state index contributed by atoms with van der Waals surface area (Å²) in [6.45, 7) is 4.94. The Bertz CT molecular complexity index is 154. The molecule has 0 amide bonds. The van der Waals surface area contributed by atoms with Crippen molar-refractivity contribution >= 4 is 0 Å². The molecule has 1 N–H and O–H groups in total. The van der Waals surface area contributed by atoms with Crippen LogP contribution < -0.4 is 0 Å². The van der Waals surface area contributed by atoms with Gasteiger partial charge in [0.25, 0.3) is 0 Å². The summed E-state index contributed by atoms with van der Waals surface area (Å²) >= 11 is 0. The third kappa shape index (κ3) is 1.18. The number of aliphatic hydroxyl groups is 1. The van der Waals surface area contributed by atoms with Gasteiger partial charge in [0.2, 0.25) is 0 Å². The predicted octanol–water partition coefficient (Wildman–Crippen LogP) is 1.04. The lowest BCUT2D eigenvalue weighted by Crippen LogP contribution is -2.36. The van der Waals surface area contributed by atoms with Gasteiger partial charge in [0.15, 0.2) is 0 Å². The molecular formula is C9H16O2. The first-order chi connectivity index (χ1) is 5.20. The zero-order valence-electron chi connectivity index (χ0n) is 7.16. The Morgan fingerprint density at radius 3 is 2.73 bits per heavy atom. The third-order valence-electron chi connectivity index (χ3n) is 2.97. The van der Waals surface area contributed by atoms with E-state index in [1.165, 1.54) is 6.42 Å². The van der Waals surface area contributed by atoms with Gasteiger partial charge in [-0.15, -0.1) is 0 Å². The summed E-state index contributed by atoms with van der Waals surface area (Å²) < 4.78 is 5.39. The van der Waals surface area contributed by atoms with E-state index in [1.54, 1.807) is 0 Å². The van der Waals surface area contributed by atoms with Gasteiger partial charge in [-0.25, -0.2) is 0 Å². The second kappa shape index (κ2) is 2.46. The molecular weight excluding hydrogens is 140 g/mol. The maximum Gasteiger partial charge on any atom is 0.0807 e. The van der Waals surface area contributed by atoms with Crippen LogP contribution in [0.3, 0.4) is 0 Å². The van der Waals surface area contributed by atoms with Crippen LogP contribution in [0.4, 0.5) is 0 Å². The minimum absolute atomic E-state index is 0.209. The highest BCUT2D eigenvalue weighted by Gasteiger charge is 2.51. The van der Waals surface area contributed by atoms with Crippen LogP contribution in [0.15, 0.2) is 0 Å². The number of aliphatic hydroxyl groups excluding tert-OH is 1. The Balaban J connectivity index is 2.04. The van der Waals surface area contributed by atoms with Gasteiger partial charge in [-0.1, -0.05) is 13.8 Å². The zero-order valence-corrected chi connectivity index (χ0v) is 7.16. The van der Waals surface area contributed by atoms with E-state index in [-0.39, 0.29) is 6.10 Å². The maximum atomic E-state index is 9.61. The molecule has 0 aromatic heterocycles. The van der Waals surface area contributed by atoms with Crippen LogP contribution in [0.1, 0.15) is 20.3 Å². The predicted molar refractivity (Wildman–Crippen MR) is 42.2 cm³/mol. The topological polar surface area (TPSA) is 29.5 Å². The average Bonchev–Trinajstić information content (AvgIpc) is 2.64. The van der Waals surface area contributed by atoms with E-state index in [9.17, 15) is 5.11 Å². The van der Waals surface area contributed by atoms with E-state index in [0.717, 1.165) is 0 Å². The summed E-state index contributed by atoms with van der Waals surface area (Å²) in [5.74, 6) is 1.76. The molecule has 1 unspecified atom stereocenters. The van der Waals surface area contributed by atoms with Crippen LogP contribution in [-0.4, -0.2) is 23.9 Å². The lowest BCUT2D eigenvalue weighted by atomic mass is 9.85. The van der Waals surface area contributed by atoms with E-state index in [2.05, 4.69) is 13.8 Å². The molecule has 1 aliphatic heterocycles. The van der Waals surface area contributed by atoms with Crippen molar-refractivity contribution in [3.05, 3.63) is 0 Å². The minimum atomic E-state index is -0.209. The summed E-state index contributed by atoms with van der Waals surface area (Å²) in [6.07, 6.45) is 1.46. The molecule has 4 atom stereocenters. The molecule has 2 aliphatic rings. The Morgan fingerprint density at radius 1 is 1.45 bits per heavy atom. The second-order valence-electron chi connectivity index (χ2n) is 4.16. The summed E-state index contributed by atoms with van der Waals surface area (Å²) in [6, 6.07) is 0. The molecule has 0 aromatic rings. The normalized spacial score (nSPS) is 49.1. The molecule has 11 heavy (non-hydrogen) atoms. The fourth-order valence-corrected chi connectivity index (χ4v) is 2.34. The summed E-state index contributed by atoms with van der Waals surface area (Å²) in [5, 5.41) is 9.61. The number of ether oxygens (including phenoxy) is 1. The fraction of sp³-hybridized carbons (Fsp3) is 1.00. The molecule has 2 heteroatoms. The Kier molecular flexibility index (Phi) is 1.69. The molecule has 1 aliphatic carbocycles. The minimum Gasteiger partial charge on any atom is -0.390 e. The number of hydrogen-bond donors (Lipinski definition) is 1. The molecule has 64 valence electrons. The van der Waals surface area contributed by atoms with Gasteiger partial charge >= 0.3 is 0 Å². The Hall–Kier alpha value is -0.0800. The average molecular weight is 156 g/mol. The van der Waals surface area contributed by atoms with Gasteiger partial charge in [0, 0.05) is 0 Å². The van der Waals surface area contributed by atoms with Gasteiger partial charge < -0.3 is 9.84 Å². The second-order valence-corrected chi connectivity index (χ2v) is 4.16. The van der Waals surface area contributed by atoms with E-state index >= 15 is 0 Å². The highest BCUT2D eigenvalue weighted by atomic mass is 16.5. The smallest absolute Gasteiger partial charge is 0.0807 e. The molecule has 1 saturated carbocycles. The van der Waals surface area contributed by atoms with Gasteiger partial charge in [-0.05, 0) is 24.2 Å². The van der Waals surface area contributed by atoms with Crippen molar-refractivity contribution in [2.24, 2.45) is 17.8 Å². The van der Waals surface area contributed by atoms with E-state index in [0.29, 0.717) is 30.5 Å². The quantitative estimate of drug-likeness (QED) is 0.614. The summed E-state index contributed by atoms with van der Waals surface area (Å²) in [4.78, 5) is 0. The molecule has 2 nitrogen and oxygen atoms in total. The monoisotopic (exact) mass is 156 g/mol. The van der Waals surface area contributed by atoms with Crippen LogP contribution >= 0.6 is 0 Å². The first-order valence-electron chi connectivity index (χ1n) is 4.50. The molecule has 1 heterocycles. The van der Waals surface area contributed by atoms with E-state index in [1.807, 2.05) is 0 Å². The van der Waals surface area contributed by atoms with E-state index in [4.69, 9.17) is 4.74 Å². The number of hydrogen-bond acceptors (Lipinski definition) is 2. The summed E-state index contributed by atoms with van der Waals surface area (Å²) in [7, 11) is 0. The van der Waals surface area contributed by atoms with Crippen molar-refractivity contribution < 1.29 is 9.84 Å². The van der Waals surface area contributed by atoms with Gasteiger partial charge in [-0.3, -0.25) is 0 Å². The van der Waals surface area contributed by atoms with Crippen LogP contribution in [0.25, 0.3) is 0 Å². The van der Waals surface area contributed by atoms with Crippen LogP contribution in [0.2, 0.25) is 0 Å². The molecule has 1 saturated heterocycles. The highest BCUT2D eigenvalue weighted by Crippen LogP contribution is 2.47. The first kappa shape index (κ1) is 7.56. The molecule has 0 radical (unpaired) electrons. The zero-order chi connectivity index (χ0) is 8.01. The molecule has 0 bridgehead atoms. The lowest BCUT2D eigenvalue weighted by molar-refractivity contribution is -0.0631. The summed E-state index contributed by atoms with van der Waals surface area (Å²) in [5.41, 5.74) is 0. The Labute approximate surface area is 67.6 Å². The van der Waals surface area contributed by atoms with Crippen LogP contribution in [0, 0.1) is 17.8 Å². The number of rotatable bonds is 1. The van der Waals surface area contributed by atoms with Crippen molar-refractivity contribution in [1.82, 2.24) is 0 Å². The lowest BCUT2D eigenvalue weighted by Gasteiger charge is -2.30. The SMILES string of the molecule is CC(C)[C@@H]1C2C[C@@H]2OC[C@H]1O. The maximum absolute atomic E-state index is 9.61. The van der Waals surface area contributed by atoms with Crippen molar-refractivity contribution in [1.29, 1.82) is 0 Å². The first-order valence-corrected chi connectivity index (χ1v) is 4.50. The van der Waals surface area contributed by atoms with Gasteiger partial charge in [-0.2, -0.15) is 0 Å².